The Balaban J connectivity index is 2.96. The maximum absolute atomic E-state index is 13.2. The Labute approximate surface area is 90.5 Å². The van der Waals surface area contributed by atoms with Crippen LogP contribution in [0.4, 0.5) is 4.39 Å². The van der Waals surface area contributed by atoms with Crippen molar-refractivity contribution < 1.29 is 27.4 Å². The van der Waals surface area contributed by atoms with Crippen molar-refractivity contribution in [1.29, 1.82) is 0 Å². The van der Waals surface area contributed by atoms with Crippen molar-refractivity contribution in [1.82, 2.24) is 0 Å². The van der Waals surface area contributed by atoms with E-state index in [4.69, 9.17) is 10.2 Å². The smallest absolute Gasteiger partial charge is 0.341 e. The second kappa shape index (κ2) is 4.45. The van der Waals surface area contributed by atoms with Crippen LogP contribution in [0.15, 0.2) is 23.1 Å². The van der Waals surface area contributed by atoms with Crippen LogP contribution in [0.3, 0.4) is 0 Å². The van der Waals surface area contributed by atoms with Gasteiger partial charge < -0.3 is 9.84 Å². The number of carbonyl (C=O) groups is 1. The van der Waals surface area contributed by atoms with Gasteiger partial charge in [-0.1, -0.05) is 0 Å². The summed E-state index contributed by atoms with van der Waals surface area (Å²) < 4.78 is 39.5. The third-order valence-electron chi connectivity index (χ3n) is 1.57. The van der Waals surface area contributed by atoms with E-state index in [0.717, 1.165) is 18.2 Å². The summed E-state index contributed by atoms with van der Waals surface area (Å²) in [4.78, 5) is 9.48. The lowest BCUT2D eigenvalue weighted by Gasteiger charge is -2.05. The van der Waals surface area contributed by atoms with Crippen molar-refractivity contribution in [3.05, 3.63) is 24.0 Å². The lowest BCUT2D eigenvalue weighted by molar-refractivity contribution is -0.139. The Bertz CT molecular complexity index is 513. The van der Waals surface area contributed by atoms with Crippen LogP contribution in [0.2, 0.25) is 0 Å². The van der Waals surface area contributed by atoms with E-state index in [1.54, 1.807) is 0 Å². The minimum atomic E-state index is -4.13. The van der Waals surface area contributed by atoms with Gasteiger partial charge in [0, 0.05) is 6.07 Å². The van der Waals surface area contributed by atoms with Gasteiger partial charge in [-0.05, 0) is 12.1 Å². The van der Waals surface area contributed by atoms with E-state index in [9.17, 15) is 17.6 Å². The van der Waals surface area contributed by atoms with Gasteiger partial charge in [0.1, 0.15) is 16.5 Å². The Morgan fingerprint density at radius 2 is 2.12 bits per heavy atom. The fourth-order valence-electron chi connectivity index (χ4n) is 0.947. The second-order valence-electron chi connectivity index (χ2n) is 2.82. The first kappa shape index (κ1) is 12.4. The molecular weight excluding hydrogens is 241 g/mol. The summed E-state index contributed by atoms with van der Waals surface area (Å²) in [5.74, 6) is -2.41. The van der Waals surface area contributed by atoms with E-state index in [1.165, 1.54) is 0 Å². The Hall–Kier alpha value is -1.67. The Morgan fingerprint density at radius 1 is 1.50 bits per heavy atom. The van der Waals surface area contributed by atoms with E-state index >= 15 is 0 Å². The molecule has 0 bridgehead atoms. The molecule has 6 nitrogen and oxygen atoms in total. The third kappa shape index (κ3) is 3.17. The number of hydrogen-bond acceptors (Lipinski definition) is 4. The molecule has 0 amide bonds. The molecule has 0 aliphatic heterocycles. The second-order valence-corrected chi connectivity index (χ2v) is 4.35. The van der Waals surface area contributed by atoms with Crippen LogP contribution in [0.1, 0.15) is 0 Å². The molecule has 0 aromatic heterocycles. The van der Waals surface area contributed by atoms with Crippen molar-refractivity contribution in [3.8, 4) is 5.75 Å². The van der Waals surface area contributed by atoms with E-state index in [0.29, 0.717) is 0 Å². The number of rotatable bonds is 4. The van der Waals surface area contributed by atoms with Gasteiger partial charge in [-0.3, -0.25) is 0 Å². The number of carboxylic acids is 1. The van der Waals surface area contributed by atoms with Gasteiger partial charge in [-0.25, -0.2) is 22.7 Å². The standard InChI is InChI=1S/C8H8FNO5S/c9-6-3-5(15-4-8(11)12)1-2-7(6)16(10,13)14/h1-3H,4H2,(H,11,12)(H2,10,13,14). The highest BCUT2D eigenvalue weighted by Crippen LogP contribution is 2.19. The predicted molar refractivity (Wildman–Crippen MR) is 50.9 cm³/mol. The molecule has 0 aliphatic rings. The highest BCUT2D eigenvalue weighted by Gasteiger charge is 2.14. The molecule has 3 N–H and O–H groups in total. The molecule has 0 heterocycles. The summed E-state index contributed by atoms with van der Waals surface area (Å²) in [5, 5.41) is 13.0. The fraction of sp³-hybridized carbons (Fsp3) is 0.125. The van der Waals surface area contributed by atoms with Crippen LogP contribution in [0, 0.1) is 5.82 Å². The minimum absolute atomic E-state index is 0.0905. The molecule has 0 saturated carbocycles. The molecule has 1 rings (SSSR count). The molecule has 1 aromatic rings. The average molecular weight is 249 g/mol. The molecule has 0 saturated heterocycles. The predicted octanol–water partition coefficient (Wildman–Crippen LogP) is -0.0635. The van der Waals surface area contributed by atoms with E-state index in [-0.39, 0.29) is 5.75 Å². The summed E-state index contributed by atoms with van der Waals surface area (Å²) in [6.07, 6.45) is 0. The topological polar surface area (TPSA) is 107 Å². The van der Waals surface area contributed by atoms with Crippen molar-refractivity contribution in [2.45, 2.75) is 4.90 Å². The lowest BCUT2D eigenvalue weighted by atomic mass is 10.3. The molecule has 0 atom stereocenters. The summed E-state index contributed by atoms with van der Waals surface area (Å²) >= 11 is 0. The van der Waals surface area contributed by atoms with Crippen LogP contribution in [0.5, 0.6) is 5.75 Å². The first-order chi connectivity index (χ1) is 7.30. The first-order valence-corrected chi connectivity index (χ1v) is 5.52. The summed E-state index contributed by atoms with van der Waals surface area (Å²) in [6, 6.07) is 2.77. The Morgan fingerprint density at radius 3 is 2.56 bits per heavy atom. The molecule has 88 valence electrons. The highest BCUT2D eigenvalue weighted by molar-refractivity contribution is 7.89. The van der Waals surface area contributed by atoms with Gasteiger partial charge in [0.25, 0.3) is 0 Å². The molecular formula is C8H8FNO5S. The van der Waals surface area contributed by atoms with Crippen LogP contribution < -0.4 is 9.88 Å². The maximum atomic E-state index is 13.2. The maximum Gasteiger partial charge on any atom is 0.341 e. The molecule has 1 aromatic carbocycles. The van der Waals surface area contributed by atoms with Crippen molar-refractivity contribution >= 4 is 16.0 Å². The van der Waals surface area contributed by atoms with Gasteiger partial charge >= 0.3 is 5.97 Å². The van der Waals surface area contributed by atoms with E-state index in [1.807, 2.05) is 0 Å². The summed E-state index contributed by atoms with van der Waals surface area (Å²) in [7, 11) is -4.13. The van der Waals surface area contributed by atoms with Crippen LogP contribution in [0.25, 0.3) is 0 Å². The summed E-state index contributed by atoms with van der Waals surface area (Å²) in [6.45, 7) is -0.645. The zero-order valence-electron chi connectivity index (χ0n) is 7.88. The molecule has 16 heavy (non-hydrogen) atoms. The number of aliphatic carboxylic acids is 1. The molecule has 0 radical (unpaired) electrons. The molecule has 0 spiro atoms. The van der Waals surface area contributed by atoms with Crippen LogP contribution in [-0.4, -0.2) is 26.1 Å². The van der Waals surface area contributed by atoms with Gasteiger partial charge in [-0.2, -0.15) is 0 Å². The minimum Gasteiger partial charge on any atom is -0.482 e. The third-order valence-corrected chi connectivity index (χ3v) is 2.52. The van der Waals surface area contributed by atoms with Crippen LogP contribution in [-0.2, 0) is 14.8 Å². The normalized spacial score (nSPS) is 11.1. The first-order valence-electron chi connectivity index (χ1n) is 3.97. The largest absolute Gasteiger partial charge is 0.482 e. The van der Waals surface area contributed by atoms with Gasteiger partial charge in [0.2, 0.25) is 10.0 Å². The lowest BCUT2D eigenvalue weighted by Crippen LogP contribution is -2.14. The number of primary sulfonamides is 1. The molecule has 0 aliphatic carbocycles. The number of carboxylic acid groups (broad SMARTS) is 1. The summed E-state index contributed by atoms with van der Waals surface area (Å²) in [5.41, 5.74) is 0. The zero-order chi connectivity index (χ0) is 12.3. The molecule has 8 heteroatoms. The van der Waals surface area contributed by atoms with Gasteiger partial charge in [0.15, 0.2) is 6.61 Å². The van der Waals surface area contributed by atoms with Crippen molar-refractivity contribution in [3.63, 3.8) is 0 Å². The van der Waals surface area contributed by atoms with E-state index in [2.05, 4.69) is 4.74 Å². The number of hydrogen-bond donors (Lipinski definition) is 2. The molecule has 0 fully saturated rings. The number of sulfonamides is 1. The monoisotopic (exact) mass is 249 g/mol. The quantitative estimate of drug-likeness (QED) is 0.777. The number of ether oxygens (including phenoxy) is 1. The van der Waals surface area contributed by atoms with Gasteiger partial charge in [0.05, 0.1) is 0 Å². The SMILES string of the molecule is NS(=O)(=O)c1ccc(OCC(=O)O)cc1F. The highest BCUT2D eigenvalue weighted by atomic mass is 32.2. The average Bonchev–Trinajstić information content (AvgIpc) is 2.12. The number of halogens is 1. The fourth-order valence-corrected chi connectivity index (χ4v) is 1.54. The van der Waals surface area contributed by atoms with Crippen LogP contribution >= 0.6 is 0 Å². The van der Waals surface area contributed by atoms with E-state index < -0.39 is 33.3 Å². The Kier molecular flexibility index (Phi) is 3.45. The molecule has 0 unspecified atom stereocenters. The van der Waals surface area contributed by atoms with Crippen molar-refractivity contribution in [2.24, 2.45) is 5.14 Å². The number of nitrogens with two attached hydrogens (primary N) is 1. The number of benzene rings is 1. The van der Waals surface area contributed by atoms with Crippen molar-refractivity contribution in [2.75, 3.05) is 6.61 Å². The van der Waals surface area contributed by atoms with Gasteiger partial charge in [-0.15, -0.1) is 0 Å². The zero-order valence-corrected chi connectivity index (χ0v) is 8.70.